The third-order valence-electron chi connectivity index (χ3n) is 6.01. The molecule has 1 heterocycles. The molecule has 1 aliphatic heterocycles. The minimum atomic E-state index is -0.0886. The van der Waals surface area contributed by atoms with Gasteiger partial charge in [-0.15, -0.1) is 0 Å². The minimum Gasteiger partial charge on any atom is -0.354 e. The summed E-state index contributed by atoms with van der Waals surface area (Å²) in [7, 11) is 2.18. The predicted molar refractivity (Wildman–Crippen MR) is 107 cm³/mol. The molecule has 5 heteroatoms. The lowest BCUT2D eigenvalue weighted by Crippen LogP contribution is -2.55. The number of benzene rings is 2. The van der Waals surface area contributed by atoms with E-state index in [1.54, 1.807) is 0 Å². The van der Waals surface area contributed by atoms with E-state index < -0.39 is 0 Å². The Kier molecular flexibility index (Phi) is 5.25. The quantitative estimate of drug-likeness (QED) is 0.727. The zero-order valence-corrected chi connectivity index (χ0v) is 15.9. The van der Waals surface area contributed by atoms with Crippen molar-refractivity contribution in [3.8, 4) is 0 Å². The van der Waals surface area contributed by atoms with E-state index in [-0.39, 0.29) is 17.4 Å². The van der Waals surface area contributed by atoms with Gasteiger partial charge in [-0.1, -0.05) is 54.6 Å². The van der Waals surface area contributed by atoms with Gasteiger partial charge < -0.3 is 5.32 Å². The summed E-state index contributed by atoms with van der Waals surface area (Å²) in [5.41, 5.74) is 10.1. The van der Waals surface area contributed by atoms with Crippen molar-refractivity contribution in [2.24, 2.45) is 5.92 Å². The van der Waals surface area contributed by atoms with Gasteiger partial charge in [0.2, 0.25) is 5.91 Å². The third-order valence-corrected chi connectivity index (χ3v) is 6.01. The Labute approximate surface area is 161 Å². The van der Waals surface area contributed by atoms with E-state index in [2.05, 4.69) is 82.7 Å². The molecule has 0 spiro atoms. The summed E-state index contributed by atoms with van der Waals surface area (Å²) in [4.78, 5) is 15.0. The van der Waals surface area contributed by atoms with E-state index in [0.717, 1.165) is 19.4 Å². The van der Waals surface area contributed by atoms with Crippen LogP contribution in [0.15, 0.2) is 54.6 Å². The highest BCUT2D eigenvalue weighted by Crippen LogP contribution is 2.34. The van der Waals surface area contributed by atoms with Crippen LogP contribution in [0.1, 0.15) is 16.7 Å². The van der Waals surface area contributed by atoms with Gasteiger partial charge in [0, 0.05) is 31.7 Å². The fourth-order valence-electron chi connectivity index (χ4n) is 4.27. The zero-order chi connectivity index (χ0) is 18.7. The van der Waals surface area contributed by atoms with Gasteiger partial charge in [-0.05, 0) is 36.6 Å². The summed E-state index contributed by atoms with van der Waals surface area (Å²) in [5.74, 6) is 0.140. The normalized spacial score (nSPS) is 18.6. The molecule has 0 saturated carbocycles. The van der Waals surface area contributed by atoms with Crippen molar-refractivity contribution < 1.29 is 4.79 Å². The molecule has 1 amide bonds. The van der Waals surface area contributed by atoms with E-state index in [1.165, 1.54) is 16.7 Å². The van der Waals surface area contributed by atoms with E-state index in [4.69, 9.17) is 0 Å². The van der Waals surface area contributed by atoms with Crippen molar-refractivity contribution in [3.05, 3.63) is 71.3 Å². The fourth-order valence-corrected chi connectivity index (χ4v) is 4.27. The molecule has 2 aliphatic rings. The second-order valence-corrected chi connectivity index (χ2v) is 7.86. The number of carbonyl (C=O) groups is 1. The first kappa shape index (κ1) is 18.2. The van der Waals surface area contributed by atoms with Crippen molar-refractivity contribution in [2.45, 2.75) is 24.9 Å². The first-order valence-corrected chi connectivity index (χ1v) is 9.72. The summed E-state index contributed by atoms with van der Waals surface area (Å²) >= 11 is 0. The van der Waals surface area contributed by atoms with Crippen LogP contribution >= 0.6 is 0 Å². The van der Waals surface area contributed by atoms with Gasteiger partial charge in [0.05, 0.1) is 5.92 Å². The van der Waals surface area contributed by atoms with E-state index in [9.17, 15) is 4.79 Å². The van der Waals surface area contributed by atoms with E-state index >= 15 is 0 Å². The third kappa shape index (κ3) is 3.90. The highest BCUT2D eigenvalue weighted by Gasteiger charge is 2.41. The number of nitrogens with zero attached hydrogens (tertiary/aromatic N) is 1. The lowest BCUT2D eigenvalue weighted by molar-refractivity contribution is -0.124. The number of amides is 1. The lowest BCUT2D eigenvalue weighted by Gasteiger charge is -2.39. The van der Waals surface area contributed by atoms with Gasteiger partial charge in [0.25, 0.3) is 0 Å². The number of rotatable bonds is 6. The van der Waals surface area contributed by atoms with Crippen LogP contribution in [0.3, 0.4) is 0 Å². The maximum Gasteiger partial charge on any atom is 0.225 e. The Hall–Kier alpha value is -2.21. The molecule has 0 atom stereocenters. The van der Waals surface area contributed by atoms with Crippen LogP contribution in [0.4, 0.5) is 0 Å². The van der Waals surface area contributed by atoms with E-state index in [0.29, 0.717) is 19.6 Å². The van der Waals surface area contributed by atoms with Gasteiger partial charge >= 0.3 is 0 Å². The van der Waals surface area contributed by atoms with Crippen LogP contribution in [0.2, 0.25) is 0 Å². The van der Waals surface area contributed by atoms with E-state index in [1.807, 2.05) is 0 Å². The Morgan fingerprint density at radius 1 is 1.04 bits per heavy atom. The molecule has 5 nitrogen and oxygen atoms in total. The summed E-state index contributed by atoms with van der Waals surface area (Å²) in [6, 6.07) is 19.2. The van der Waals surface area contributed by atoms with Crippen molar-refractivity contribution in [1.29, 1.82) is 0 Å². The summed E-state index contributed by atoms with van der Waals surface area (Å²) in [6.07, 6.45) is 1.93. The van der Waals surface area contributed by atoms with Crippen LogP contribution in [0, 0.1) is 5.92 Å². The lowest BCUT2D eigenvalue weighted by atomic mass is 9.92. The van der Waals surface area contributed by atoms with Gasteiger partial charge in [0.15, 0.2) is 0 Å². The topological polar surface area (TPSA) is 56.4 Å². The van der Waals surface area contributed by atoms with Gasteiger partial charge in [0.1, 0.15) is 0 Å². The number of hydrogen-bond acceptors (Lipinski definition) is 4. The molecule has 1 aliphatic carbocycles. The fraction of sp³-hybridized carbons (Fsp3) is 0.409. The predicted octanol–water partition coefficient (Wildman–Crippen LogP) is 1.50. The molecule has 0 unspecified atom stereocenters. The highest BCUT2D eigenvalue weighted by atomic mass is 16.2. The maximum atomic E-state index is 12.6. The average molecular weight is 364 g/mol. The molecular formula is C22H28N4O. The summed E-state index contributed by atoms with van der Waals surface area (Å²) in [5, 5.41) is 3.25. The second-order valence-electron chi connectivity index (χ2n) is 7.86. The standard InChI is InChI=1S/C22H28N4O/c1-26(15-17-7-3-2-4-8-17)22(11-18-9-5-6-10-19(18)12-22)16-23-21(27)20-13-24-25-14-20/h2-10,20,24-25H,11-16H2,1H3,(H,23,27). The van der Waals surface area contributed by atoms with Crippen molar-refractivity contribution in [2.75, 3.05) is 26.7 Å². The van der Waals surface area contributed by atoms with Crippen molar-refractivity contribution in [1.82, 2.24) is 21.1 Å². The summed E-state index contributed by atoms with van der Waals surface area (Å²) in [6.45, 7) is 2.93. The summed E-state index contributed by atoms with van der Waals surface area (Å²) < 4.78 is 0. The van der Waals surface area contributed by atoms with Gasteiger partial charge in [-0.3, -0.25) is 20.5 Å². The maximum absolute atomic E-state index is 12.6. The molecule has 1 fully saturated rings. The van der Waals surface area contributed by atoms with Crippen molar-refractivity contribution >= 4 is 5.91 Å². The average Bonchev–Trinajstić information content (AvgIpc) is 3.35. The first-order chi connectivity index (χ1) is 13.2. The number of nitrogens with one attached hydrogen (secondary N) is 3. The Balaban J connectivity index is 1.51. The number of hydrazine groups is 1. The number of likely N-dealkylation sites (N-methyl/N-ethyl adjacent to an activating group) is 1. The Morgan fingerprint density at radius 3 is 2.26 bits per heavy atom. The van der Waals surface area contributed by atoms with Crippen LogP contribution in [-0.2, 0) is 24.2 Å². The smallest absolute Gasteiger partial charge is 0.225 e. The Morgan fingerprint density at radius 2 is 1.63 bits per heavy atom. The van der Waals surface area contributed by atoms with Crippen LogP contribution < -0.4 is 16.2 Å². The Bertz CT molecular complexity index is 761. The number of carbonyl (C=O) groups excluding carboxylic acids is 1. The zero-order valence-electron chi connectivity index (χ0n) is 15.9. The second kappa shape index (κ2) is 7.80. The highest BCUT2D eigenvalue weighted by molar-refractivity contribution is 5.79. The van der Waals surface area contributed by atoms with Crippen LogP contribution in [0.25, 0.3) is 0 Å². The largest absolute Gasteiger partial charge is 0.354 e. The van der Waals surface area contributed by atoms with Crippen molar-refractivity contribution in [3.63, 3.8) is 0 Å². The minimum absolute atomic E-state index is 0.00487. The molecule has 1 saturated heterocycles. The molecule has 0 radical (unpaired) electrons. The molecule has 142 valence electrons. The molecular weight excluding hydrogens is 336 g/mol. The molecule has 27 heavy (non-hydrogen) atoms. The molecule has 0 aromatic heterocycles. The monoisotopic (exact) mass is 364 g/mol. The molecule has 2 aromatic rings. The number of fused-ring (bicyclic) bond motifs is 1. The SMILES string of the molecule is CN(Cc1ccccc1)C1(CNC(=O)C2CNNC2)Cc2ccccc2C1. The molecule has 0 bridgehead atoms. The van der Waals surface area contributed by atoms with Crippen LogP contribution in [-0.4, -0.2) is 43.0 Å². The molecule has 2 aromatic carbocycles. The first-order valence-electron chi connectivity index (χ1n) is 9.72. The number of hydrogen-bond donors (Lipinski definition) is 3. The van der Waals surface area contributed by atoms with Gasteiger partial charge in [-0.2, -0.15) is 0 Å². The molecule has 3 N–H and O–H groups in total. The van der Waals surface area contributed by atoms with Crippen LogP contribution in [0.5, 0.6) is 0 Å². The molecule has 4 rings (SSSR count). The van der Waals surface area contributed by atoms with Gasteiger partial charge in [-0.25, -0.2) is 0 Å².